The second-order valence-electron chi connectivity index (χ2n) is 3.13. The van der Waals surface area contributed by atoms with E-state index in [1.807, 2.05) is 6.92 Å². The molecule has 0 aliphatic carbocycles. The van der Waals surface area contributed by atoms with Gasteiger partial charge in [0.05, 0.1) is 0 Å². The Balaban J connectivity index is 2.39. The summed E-state index contributed by atoms with van der Waals surface area (Å²) in [6.07, 6.45) is 1.29. The zero-order valence-electron chi connectivity index (χ0n) is 7.99. The van der Waals surface area contributed by atoms with Crippen molar-refractivity contribution in [2.45, 2.75) is 6.92 Å². The van der Waals surface area contributed by atoms with E-state index >= 15 is 0 Å². The van der Waals surface area contributed by atoms with Gasteiger partial charge in [0.15, 0.2) is 5.82 Å². The molecule has 15 heavy (non-hydrogen) atoms. The number of nitrogens with zero attached hydrogens (tertiary/aromatic N) is 2. The maximum Gasteiger partial charge on any atom is 0.229 e. The number of rotatable bonds is 2. The van der Waals surface area contributed by atoms with Crippen molar-refractivity contribution in [3.05, 3.63) is 46.5 Å². The van der Waals surface area contributed by atoms with E-state index in [9.17, 15) is 4.79 Å². The van der Waals surface area contributed by atoms with E-state index in [4.69, 9.17) is 11.6 Å². The van der Waals surface area contributed by atoms with Crippen LogP contribution >= 0.6 is 11.6 Å². The fourth-order valence-corrected chi connectivity index (χ4v) is 1.37. The third-order valence-electron chi connectivity index (χ3n) is 2.06. The van der Waals surface area contributed by atoms with E-state index in [1.54, 1.807) is 18.2 Å². The number of aryl methyl sites for hydroxylation is 1. The van der Waals surface area contributed by atoms with Gasteiger partial charge >= 0.3 is 0 Å². The Bertz CT molecular complexity index is 493. The smallest absolute Gasteiger partial charge is 0.229 e. The van der Waals surface area contributed by atoms with Crippen LogP contribution in [0, 0.1) is 6.92 Å². The first-order valence-corrected chi connectivity index (χ1v) is 4.72. The highest BCUT2D eigenvalue weighted by atomic mass is 35.5. The van der Waals surface area contributed by atoms with Crippen LogP contribution < -0.4 is 0 Å². The minimum absolute atomic E-state index is 0.214. The summed E-state index contributed by atoms with van der Waals surface area (Å²) in [5.74, 6) is 0.00400. The molecule has 0 atom stereocenters. The van der Waals surface area contributed by atoms with Crippen LogP contribution in [0.5, 0.6) is 0 Å². The molecule has 0 saturated carbocycles. The van der Waals surface area contributed by atoms with Gasteiger partial charge in [-0.1, -0.05) is 23.7 Å². The van der Waals surface area contributed by atoms with E-state index in [1.165, 1.54) is 6.33 Å². The molecule has 0 fully saturated rings. The minimum atomic E-state index is -0.214. The van der Waals surface area contributed by atoms with Gasteiger partial charge < -0.3 is 0 Å². The van der Waals surface area contributed by atoms with Crippen molar-refractivity contribution in [2.24, 2.45) is 0 Å². The van der Waals surface area contributed by atoms with Crippen LogP contribution in [0.15, 0.2) is 24.5 Å². The van der Waals surface area contributed by atoms with Gasteiger partial charge in [0.1, 0.15) is 6.33 Å². The van der Waals surface area contributed by atoms with Crippen LogP contribution in [0.25, 0.3) is 0 Å². The van der Waals surface area contributed by atoms with Crippen molar-refractivity contribution in [3.8, 4) is 0 Å². The Hall–Kier alpha value is -1.68. The second kappa shape index (κ2) is 3.82. The summed E-state index contributed by atoms with van der Waals surface area (Å²) in [5.41, 5.74) is 1.44. The maximum absolute atomic E-state index is 11.8. The van der Waals surface area contributed by atoms with Gasteiger partial charge in [0, 0.05) is 10.6 Å². The maximum atomic E-state index is 11.8. The predicted molar refractivity (Wildman–Crippen MR) is 56.0 cm³/mol. The summed E-state index contributed by atoms with van der Waals surface area (Å²) in [5, 5.41) is 6.70. The van der Waals surface area contributed by atoms with E-state index in [2.05, 4.69) is 15.2 Å². The fourth-order valence-electron chi connectivity index (χ4n) is 1.19. The number of hydrogen-bond acceptors (Lipinski definition) is 3. The molecular weight excluding hydrogens is 214 g/mol. The zero-order valence-corrected chi connectivity index (χ0v) is 8.75. The van der Waals surface area contributed by atoms with Crippen LogP contribution in [0.4, 0.5) is 0 Å². The van der Waals surface area contributed by atoms with Crippen molar-refractivity contribution in [3.63, 3.8) is 0 Å². The highest BCUT2D eigenvalue weighted by molar-refractivity contribution is 6.31. The van der Waals surface area contributed by atoms with Crippen molar-refractivity contribution >= 4 is 17.4 Å². The number of H-pyrrole nitrogens is 1. The Morgan fingerprint density at radius 3 is 2.87 bits per heavy atom. The first-order chi connectivity index (χ1) is 7.18. The predicted octanol–water partition coefficient (Wildman–Crippen LogP) is 2.00. The molecule has 0 amide bonds. The molecule has 0 spiro atoms. The topological polar surface area (TPSA) is 58.6 Å². The van der Waals surface area contributed by atoms with Gasteiger partial charge in [-0.05, 0) is 18.6 Å². The highest BCUT2D eigenvalue weighted by Gasteiger charge is 2.12. The molecule has 0 saturated heterocycles. The van der Waals surface area contributed by atoms with Gasteiger partial charge in [-0.3, -0.25) is 9.89 Å². The first kappa shape index (κ1) is 9.86. The average molecular weight is 222 g/mol. The average Bonchev–Trinajstić information content (AvgIpc) is 2.74. The van der Waals surface area contributed by atoms with E-state index in [0.29, 0.717) is 10.6 Å². The van der Waals surface area contributed by atoms with Gasteiger partial charge in [-0.15, -0.1) is 0 Å². The number of hydrogen-bond donors (Lipinski definition) is 1. The van der Waals surface area contributed by atoms with E-state index in [-0.39, 0.29) is 11.6 Å². The molecule has 1 N–H and O–H groups in total. The Kier molecular flexibility index (Phi) is 2.51. The number of aromatic nitrogens is 3. The first-order valence-electron chi connectivity index (χ1n) is 4.34. The van der Waals surface area contributed by atoms with Crippen molar-refractivity contribution in [1.29, 1.82) is 0 Å². The van der Waals surface area contributed by atoms with Gasteiger partial charge in [0.25, 0.3) is 0 Å². The molecular formula is C10H8ClN3O. The molecule has 1 aromatic carbocycles. The molecule has 0 unspecified atom stereocenters. The number of ketones is 1. The largest absolute Gasteiger partial charge is 0.285 e. The second-order valence-corrected chi connectivity index (χ2v) is 3.53. The molecule has 0 aliphatic heterocycles. The molecule has 1 heterocycles. The number of halogens is 1. The van der Waals surface area contributed by atoms with Crippen LogP contribution in [-0.2, 0) is 0 Å². The number of aromatic amines is 1. The highest BCUT2D eigenvalue weighted by Crippen LogP contribution is 2.17. The number of benzene rings is 1. The fraction of sp³-hybridized carbons (Fsp3) is 0.100. The van der Waals surface area contributed by atoms with Crippen molar-refractivity contribution in [2.75, 3.05) is 0 Å². The molecule has 1 aromatic heterocycles. The number of carbonyl (C=O) groups is 1. The molecule has 4 nitrogen and oxygen atoms in total. The lowest BCUT2D eigenvalue weighted by Crippen LogP contribution is -2.03. The molecule has 2 rings (SSSR count). The zero-order chi connectivity index (χ0) is 10.8. The third kappa shape index (κ3) is 1.89. The lowest BCUT2D eigenvalue weighted by Gasteiger charge is -2.00. The molecule has 0 radical (unpaired) electrons. The van der Waals surface area contributed by atoms with Crippen molar-refractivity contribution in [1.82, 2.24) is 15.2 Å². The van der Waals surface area contributed by atoms with Gasteiger partial charge in [-0.2, -0.15) is 5.10 Å². The summed E-state index contributed by atoms with van der Waals surface area (Å²) in [6.45, 7) is 1.88. The lowest BCUT2D eigenvalue weighted by atomic mass is 10.1. The summed E-state index contributed by atoms with van der Waals surface area (Å²) < 4.78 is 0. The molecule has 2 aromatic rings. The van der Waals surface area contributed by atoms with Crippen LogP contribution in [0.2, 0.25) is 5.02 Å². The summed E-state index contributed by atoms with van der Waals surface area (Å²) in [6, 6.07) is 5.14. The van der Waals surface area contributed by atoms with Crippen LogP contribution in [0.1, 0.15) is 21.7 Å². The summed E-state index contributed by atoms with van der Waals surface area (Å²) in [7, 11) is 0. The Labute approximate surface area is 91.3 Å². The van der Waals surface area contributed by atoms with Crippen LogP contribution in [-0.4, -0.2) is 21.0 Å². The molecule has 76 valence electrons. The van der Waals surface area contributed by atoms with Gasteiger partial charge in [-0.25, -0.2) is 4.98 Å². The van der Waals surface area contributed by atoms with E-state index in [0.717, 1.165) is 5.56 Å². The van der Waals surface area contributed by atoms with Crippen molar-refractivity contribution < 1.29 is 4.79 Å². The number of nitrogens with one attached hydrogen (secondary N) is 1. The van der Waals surface area contributed by atoms with Gasteiger partial charge in [0.2, 0.25) is 5.78 Å². The Morgan fingerprint density at radius 1 is 1.47 bits per heavy atom. The van der Waals surface area contributed by atoms with E-state index < -0.39 is 0 Å². The normalized spacial score (nSPS) is 10.3. The third-order valence-corrected chi connectivity index (χ3v) is 2.47. The Morgan fingerprint density at radius 2 is 2.27 bits per heavy atom. The SMILES string of the molecule is Cc1ccc(C(=O)c2ncn[nH]2)cc1Cl. The summed E-state index contributed by atoms with van der Waals surface area (Å²) in [4.78, 5) is 15.6. The molecule has 5 heteroatoms. The minimum Gasteiger partial charge on any atom is -0.285 e. The quantitative estimate of drug-likeness (QED) is 0.789. The standard InChI is InChI=1S/C10H8ClN3O/c1-6-2-3-7(4-8(6)11)9(15)10-12-5-13-14-10/h2-5H,1H3,(H,12,13,14). The van der Waals surface area contributed by atoms with Crippen LogP contribution in [0.3, 0.4) is 0 Å². The molecule has 0 aliphatic rings. The monoisotopic (exact) mass is 221 g/mol. The molecule has 0 bridgehead atoms. The summed E-state index contributed by atoms with van der Waals surface area (Å²) >= 11 is 5.92. The lowest BCUT2D eigenvalue weighted by molar-refractivity contribution is 0.103. The number of carbonyl (C=O) groups excluding carboxylic acids is 1.